The lowest BCUT2D eigenvalue weighted by atomic mass is 9.90. The van der Waals surface area contributed by atoms with Crippen molar-refractivity contribution in [2.75, 3.05) is 51.8 Å². The zero-order chi connectivity index (χ0) is 31.7. The molecule has 1 atom stereocenters. The Kier molecular flexibility index (Phi) is 7.28. The number of halogens is 3. The van der Waals surface area contributed by atoms with E-state index in [4.69, 9.17) is 21.3 Å². The van der Waals surface area contributed by atoms with Crippen LogP contribution in [0.1, 0.15) is 25.7 Å². The molecule has 1 unspecified atom stereocenters. The van der Waals surface area contributed by atoms with E-state index in [1.807, 2.05) is 19.0 Å². The van der Waals surface area contributed by atoms with E-state index in [2.05, 4.69) is 24.3 Å². The Morgan fingerprint density at radius 1 is 1.18 bits per heavy atom. The maximum Gasteiger partial charge on any atom is 0.319 e. The molecule has 2 aromatic heterocycles. The second-order valence-corrected chi connectivity index (χ2v) is 14.6. The van der Waals surface area contributed by atoms with Gasteiger partial charge in [-0.15, -0.1) is 0 Å². The summed E-state index contributed by atoms with van der Waals surface area (Å²) in [7, 11) is 0.364. The smallest absolute Gasteiger partial charge is 0.319 e. The summed E-state index contributed by atoms with van der Waals surface area (Å²) in [6.45, 7) is 2.19. The number of aromatic hydroxyl groups is 1. The van der Waals surface area contributed by atoms with Crippen LogP contribution in [0.2, 0.25) is 5.02 Å². The third kappa shape index (κ3) is 5.63. The summed E-state index contributed by atoms with van der Waals surface area (Å²) >= 11 is 6.34. The number of rotatable bonds is 7. The molecule has 1 saturated carbocycles. The van der Waals surface area contributed by atoms with Gasteiger partial charge in [-0.1, -0.05) is 17.7 Å². The van der Waals surface area contributed by atoms with E-state index >= 15 is 4.39 Å². The van der Waals surface area contributed by atoms with E-state index < -0.39 is 27.4 Å². The normalized spacial score (nSPS) is 22.1. The number of piperidine rings is 1. The molecule has 15 heteroatoms. The first-order valence-corrected chi connectivity index (χ1v) is 16.5. The van der Waals surface area contributed by atoms with Crippen LogP contribution in [0.25, 0.3) is 32.9 Å². The first-order chi connectivity index (χ1) is 21.4. The second kappa shape index (κ2) is 10.8. The van der Waals surface area contributed by atoms with E-state index in [0.717, 1.165) is 19.4 Å². The molecule has 0 radical (unpaired) electrons. The van der Waals surface area contributed by atoms with Gasteiger partial charge in [-0.25, -0.2) is 13.5 Å². The fourth-order valence-electron chi connectivity index (χ4n) is 6.63. The SMILES string of the molecule is CN(C)CC1(COc2nc(N3CCCC4(CNS(=O)(=O)N4)C3)c3cnc(-c4cc(O)cc5ccc(F)c(Cl)c45)c(F)c3n2)CC1. The average molecular weight is 660 g/mol. The maximum atomic E-state index is 16.7. The quantitative estimate of drug-likeness (QED) is 0.270. The van der Waals surface area contributed by atoms with Crippen LogP contribution < -0.4 is 19.1 Å². The van der Waals surface area contributed by atoms with Crippen LogP contribution in [0.15, 0.2) is 30.5 Å². The van der Waals surface area contributed by atoms with Crippen molar-refractivity contribution in [1.29, 1.82) is 0 Å². The molecule has 238 valence electrons. The number of phenols is 1. The highest BCUT2D eigenvalue weighted by Crippen LogP contribution is 2.46. The molecular formula is C30H32ClF2N7O4S. The van der Waals surface area contributed by atoms with Crippen molar-refractivity contribution < 1.29 is 27.0 Å². The topological polar surface area (TPSA) is 133 Å². The van der Waals surface area contributed by atoms with E-state index in [1.165, 1.54) is 30.5 Å². The molecule has 0 amide bonds. The van der Waals surface area contributed by atoms with Crippen molar-refractivity contribution in [2.24, 2.45) is 5.41 Å². The van der Waals surface area contributed by atoms with Gasteiger partial charge in [0.25, 0.3) is 10.2 Å². The van der Waals surface area contributed by atoms with Crippen molar-refractivity contribution >= 4 is 49.3 Å². The molecule has 3 N–H and O–H groups in total. The summed E-state index contributed by atoms with van der Waals surface area (Å²) in [5, 5.41) is 11.1. The van der Waals surface area contributed by atoms with Crippen LogP contribution in [0.3, 0.4) is 0 Å². The summed E-state index contributed by atoms with van der Waals surface area (Å²) in [6.07, 6.45) is 4.68. The minimum Gasteiger partial charge on any atom is -0.508 e. The van der Waals surface area contributed by atoms with Crippen molar-refractivity contribution in [3.63, 3.8) is 0 Å². The predicted molar refractivity (Wildman–Crippen MR) is 167 cm³/mol. The van der Waals surface area contributed by atoms with Gasteiger partial charge in [0.1, 0.15) is 28.6 Å². The van der Waals surface area contributed by atoms with Crippen LogP contribution >= 0.6 is 11.6 Å². The number of benzene rings is 2. The van der Waals surface area contributed by atoms with Gasteiger partial charge in [-0.2, -0.15) is 23.1 Å². The molecule has 2 aliphatic heterocycles. The van der Waals surface area contributed by atoms with Crippen molar-refractivity contribution in [3.8, 4) is 23.0 Å². The molecule has 4 heterocycles. The Morgan fingerprint density at radius 3 is 2.69 bits per heavy atom. The fraction of sp³-hybridized carbons (Fsp3) is 0.433. The number of ether oxygens (including phenoxy) is 1. The summed E-state index contributed by atoms with van der Waals surface area (Å²) < 4.78 is 67.2. The van der Waals surface area contributed by atoms with E-state index in [9.17, 15) is 17.9 Å². The Morgan fingerprint density at radius 2 is 1.98 bits per heavy atom. The molecule has 11 nitrogen and oxygen atoms in total. The Labute approximate surface area is 263 Å². The lowest BCUT2D eigenvalue weighted by Crippen LogP contribution is -2.56. The van der Waals surface area contributed by atoms with Crippen LogP contribution in [0.4, 0.5) is 14.6 Å². The van der Waals surface area contributed by atoms with Crippen molar-refractivity contribution in [3.05, 3.63) is 47.1 Å². The highest BCUT2D eigenvalue weighted by Gasteiger charge is 2.46. The highest BCUT2D eigenvalue weighted by molar-refractivity contribution is 7.87. The van der Waals surface area contributed by atoms with Crippen molar-refractivity contribution in [2.45, 2.75) is 31.2 Å². The minimum atomic E-state index is -3.63. The van der Waals surface area contributed by atoms with Gasteiger partial charge in [-0.05, 0) is 63.4 Å². The second-order valence-electron chi connectivity index (χ2n) is 12.7. The number of pyridine rings is 1. The molecule has 3 aliphatic rings. The summed E-state index contributed by atoms with van der Waals surface area (Å²) in [4.78, 5) is 17.6. The third-order valence-corrected chi connectivity index (χ3v) is 10.4. The molecule has 1 spiro atoms. The van der Waals surface area contributed by atoms with Gasteiger partial charge in [-0.3, -0.25) is 4.98 Å². The number of anilines is 1. The molecule has 1 aliphatic carbocycles. The first kappa shape index (κ1) is 30.2. The average Bonchev–Trinajstić information content (AvgIpc) is 3.68. The number of aromatic nitrogens is 3. The van der Waals surface area contributed by atoms with Gasteiger partial charge in [0, 0.05) is 48.7 Å². The Balaban J connectivity index is 1.36. The van der Waals surface area contributed by atoms with E-state index in [1.54, 1.807) is 0 Å². The van der Waals surface area contributed by atoms with Crippen molar-refractivity contribution in [1.82, 2.24) is 29.3 Å². The number of phenolic OH excluding ortho intramolecular Hbond substituents is 1. The largest absolute Gasteiger partial charge is 0.508 e. The monoisotopic (exact) mass is 659 g/mol. The van der Waals surface area contributed by atoms with Gasteiger partial charge in [0.15, 0.2) is 5.82 Å². The molecule has 2 saturated heterocycles. The maximum absolute atomic E-state index is 16.7. The van der Waals surface area contributed by atoms with Gasteiger partial charge >= 0.3 is 6.01 Å². The zero-order valence-corrected chi connectivity index (χ0v) is 26.3. The molecule has 4 aromatic rings. The minimum absolute atomic E-state index is 0.0202. The molecule has 7 rings (SSSR count). The number of nitrogens with one attached hydrogen (secondary N) is 2. The van der Waals surface area contributed by atoms with E-state index in [-0.39, 0.29) is 57.4 Å². The fourth-order valence-corrected chi connectivity index (χ4v) is 8.25. The Bertz CT molecular complexity index is 1960. The number of hydrogen-bond donors (Lipinski definition) is 3. The molecule has 45 heavy (non-hydrogen) atoms. The van der Waals surface area contributed by atoms with Gasteiger partial charge in [0.2, 0.25) is 0 Å². The summed E-state index contributed by atoms with van der Waals surface area (Å²) in [5.74, 6) is -1.32. The highest BCUT2D eigenvalue weighted by atomic mass is 35.5. The lowest BCUT2D eigenvalue weighted by molar-refractivity contribution is 0.183. The Hall–Kier alpha value is -3.43. The van der Waals surface area contributed by atoms with Gasteiger partial charge in [0.05, 0.1) is 22.6 Å². The van der Waals surface area contributed by atoms with Gasteiger partial charge < -0.3 is 19.6 Å². The molecule has 2 aromatic carbocycles. The lowest BCUT2D eigenvalue weighted by Gasteiger charge is -2.40. The third-order valence-electron chi connectivity index (χ3n) is 8.83. The van der Waals surface area contributed by atoms with E-state index in [0.29, 0.717) is 42.6 Å². The first-order valence-electron chi connectivity index (χ1n) is 14.7. The zero-order valence-electron chi connectivity index (χ0n) is 24.7. The summed E-state index contributed by atoms with van der Waals surface area (Å²) in [5.41, 5.74) is -0.963. The van der Waals surface area contributed by atoms with Crippen LogP contribution in [0.5, 0.6) is 11.8 Å². The molecule has 0 bridgehead atoms. The number of hydrogen-bond acceptors (Lipinski definition) is 9. The molecular weight excluding hydrogens is 628 g/mol. The predicted octanol–water partition coefficient (Wildman–Crippen LogP) is 3.98. The summed E-state index contributed by atoms with van der Waals surface area (Å²) in [6, 6.07) is 5.30. The number of nitrogens with zero attached hydrogens (tertiary/aromatic N) is 5. The van der Waals surface area contributed by atoms with Crippen LogP contribution in [-0.4, -0.2) is 85.8 Å². The van der Waals surface area contributed by atoms with Crippen LogP contribution in [0, 0.1) is 17.0 Å². The standard InChI is InChI=1S/C30H32ClF2N7O4S/c1-39(2)14-29(7-8-29)16-44-28-36-26-20(27(37-28)40-9-3-6-30(15-40)13-35-45(42,43)38-30)12-34-25(24(26)33)19-11-18(41)10-17-4-5-21(32)23(31)22(17)19/h4-5,10-12,35,38,41H,3,6-9,13-16H2,1-2H3. The molecule has 3 fully saturated rings. The number of fused-ring (bicyclic) bond motifs is 2. The van der Waals surface area contributed by atoms with Crippen LogP contribution in [-0.2, 0) is 10.2 Å².